The van der Waals surface area contributed by atoms with Crippen molar-refractivity contribution in [3.05, 3.63) is 46.1 Å². The lowest BCUT2D eigenvalue weighted by Gasteiger charge is -2.22. The number of aromatic hydroxyl groups is 3. The van der Waals surface area contributed by atoms with Gasteiger partial charge in [-0.15, -0.1) is 0 Å². The molecular formula is C20H18O6. The summed E-state index contributed by atoms with van der Waals surface area (Å²) in [5.74, 6) is -0.407. The van der Waals surface area contributed by atoms with Crippen LogP contribution in [0.5, 0.6) is 23.0 Å². The molecule has 0 radical (unpaired) electrons. The molecule has 2 aromatic carbocycles. The molecule has 6 heteroatoms. The van der Waals surface area contributed by atoms with Gasteiger partial charge in [0.2, 0.25) is 11.2 Å². The Balaban J connectivity index is 2.13. The first-order valence-corrected chi connectivity index (χ1v) is 8.24. The van der Waals surface area contributed by atoms with E-state index in [4.69, 9.17) is 9.15 Å². The SMILES string of the molecule is C[C@@H]1Oc2cc(O)c3c(=O)c(O)c(-c4ccc(O)cc4)oc3c2C1(C)C. The summed E-state index contributed by atoms with van der Waals surface area (Å²) >= 11 is 0. The summed E-state index contributed by atoms with van der Waals surface area (Å²) in [6.07, 6.45) is -0.182. The smallest absolute Gasteiger partial charge is 0.238 e. The summed E-state index contributed by atoms with van der Waals surface area (Å²) in [7, 11) is 0. The zero-order valence-corrected chi connectivity index (χ0v) is 14.5. The van der Waals surface area contributed by atoms with Crippen LogP contribution >= 0.6 is 0 Å². The summed E-state index contributed by atoms with van der Waals surface area (Å²) in [5, 5.41) is 30.1. The number of hydrogen-bond acceptors (Lipinski definition) is 6. The summed E-state index contributed by atoms with van der Waals surface area (Å²) in [4.78, 5) is 12.7. The molecule has 0 bridgehead atoms. The lowest BCUT2D eigenvalue weighted by molar-refractivity contribution is 0.185. The van der Waals surface area contributed by atoms with Gasteiger partial charge in [0, 0.05) is 22.6 Å². The Hall–Kier alpha value is -3.15. The van der Waals surface area contributed by atoms with Crippen LogP contribution in [0.25, 0.3) is 22.3 Å². The predicted octanol–water partition coefficient (Wildman–Crippen LogP) is 3.64. The third-order valence-corrected chi connectivity index (χ3v) is 5.18. The fourth-order valence-corrected chi connectivity index (χ4v) is 3.37. The highest BCUT2D eigenvalue weighted by Crippen LogP contribution is 2.49. The molecule has 0 saturated heterocycles. The number of hydrogen-bond donors (Lipinski definition) is 3. The van der Waals surface area contributed by atoms with Crippen LogP contribution in [0.4, 0.5) is 0 Å². The number of phenols is 2. The Labute approximate surface area is 148 Å². The molecule has 3 N–H and O–H groups in total. The highest BCUT2D eigenvalue weighted by Gasteiger charge is 2.42. The molecule has 0 aliphatic carbocycles. The van der Waals surface area contributed by atoms with E-state index in [2.05, 4.69) is 0 Å². The van der Waals surface area contributed by atoms with Crippen molar-refractivity contribution in [3.8, 4) is 34.3 Å². The maximum atomic E-state index is 12.7. The van der Waals surface area contributed by atoms with E-state index in [0.717, 1.165) is 0 Å². The number of fused-ring (bicyclic) bond motifs is 3. The van der Waals surface area contributed by atoms with Gasteiger partial charge in [0.05, 0.1) is 0 Å². The second kappa shape index (κ2) is 5.17. The standard InChI is InChI=1S/C20H18O6/c1-9-20(2,3)15-13(25-9)8-12(22)14-16(23)17(24)18(26-19(14)15)10-4-6-11(21)7-5-10/h4-9,21-22,24H,1-3H3/t9-/m0/s1. The zero-order chi connectivity index (χ0) is 18.8. The average molecular weight is 354 g/mol. The van der Waals surface area contributed by atoms with Gasteiger partial charge in [-0.25, -0.2) is 0 Å². The van der Waals surface area contributed by atoms with E-state index < -0.39 is 16.6 Å². The zero-order valence-electron chi connectivity index (χ0n) is 14.5. The van der Waals surface area contributed by atoms with E-state index in [1.54, 1.807) is 0 Å². The first-order chi connectivity index (χ1) is 12.2. The summed E-state index contributed by atoms with van der Waals surface area (Å²) in [5.41, 5.74) is 0.127. The Kier molecular flexibility index (Phi) is 3.25. The van der Waals surface area contributed by atoms with E-state index in [9.17, 15) is 20.1 Å². The van der Waals surface area contributed by atoms with Crippen molar-refractivity contribution < 1.29 is 24.5 Å². The minimum absolute atomic E-state index is 0.0225. The van der Waals surface area contributed by atoms with Crippen LogP contribution in [0.1, 0.15) is 26.3 Å². The van der Waals surface area contributed by atoms with E-state index in [1.165, 1.54) is 30.3 Å². The molecule has 4 rings (SSSR count). The first-order valence-electron chi connectivity index (χ1n) is 8.24. The second-order valence-corrected chi connectivity index (χ2v) is 7.11. The molecule has 2 heterocycles. The Bertz CT molecular complexity index is 1090. The normalized spacial score (nSPS) is 17.9. The van der Waals surface area contributed by atoms with Crippen LogP contribution in [0, 0.1) is 0 Å². The van der Waals surface area contributed by atoms with Gasteiger partial charge in [0.25, 0.3) is 0 Å². The monoisotopic (exact) mass is 354 g/mol. The fourth-order valence-electron chi connectivity index (χ4n) is 3.37. The fraction of sp³-hybridized carbons (Fsp3) is 0.250. The molecule has 134 valence electrons. The van der Waals surface area contributed by atoms with Gasteiger partial charge in [-0.1, -0.05) is 13.8 Å². The van der Waals surface area contributed by atoms with Crippen LogP contribution in [-0.4, -0.2) is 21.4 Å². The molecule has 0 fully saturated rings. The Morgan fingerprint density at radius 3 is 2.38 bits per heavy atom. The number of ether oxygens (including phenoxy) is 1. The molecule has 3 aromatic rings. The third-order valence-electron chi connectivity index (χ3n) is 5.18. The maximum absolute atomic E-state index is 12.7. The number of phenolic OH excluding ortho intramolecular Hbond substituents is 2. The summed E-state index contributed by atoms with van der Waals surface area (Å²) in [6.45, 7) is 5.84. The molecular weight excluding hydrogens is 336 g/mol. The van der Waals surface area contributed by atoms with Gasteiger partial charge in [0.1, 0.15) is 34.3 Å². The summed E-state index contributed by atoms with van der Waals surface area (Å²) in [6, 6.07) is 7.32. The minimum Gasteiger partial charge on any atom is -0.508 e. The molecule has 0 saturated carbocycles. The van der Waals surface area contributed by atoms with Gasteiger partial charge in [-0.2, -0.15) is 0 Å². The first kappa shape index (κ1) is 16.3. The van der Waals surface area contributed by atoms with E-state index in [-0.39, 0.29) is 34.3 Å². The maximum Gasteiger partial charge on any atom is 0.238 e. The summed E-state index contributed by atoms with van der Waals surface area (Å²) < 4.78 is 11.8. The lowest BCUT2D eigenvalue weighted by atomic mass is 9.81. The van der Waals surface area contributed by atoms with Gasteiger partial charge in [0.15, 0.2) is 5.76 Å². The van der Waals surface area contributed by atoms with Crippen molar-refractivity contribution >= 4 is 11.0 Å². The van der Waals surface area contributed by atoms with Crippen molar-refractivity contribution in [2.45, 2.75) is 32.3 Å². The topological polar surface area (TPSA) is 100 Å². The minimum atomic E-state index is -0.718. The number of benzene rings is 2. The van der Waals surface area contributed by atoms with Crippen molar-refractivity contribution in [1.82, 2.24) is 0 Å². The second-order valence-electron chi connectivity index (χ2n) is 7.11. The molecule has 1 aliphatic heterocycles. The van der Waals surface area contributed by atoms with Crippen LogP contribution in [0.2, 0.25) is 0 Å². The van der Waals surface area contributed by atoms with Gasteiger partial charge in [-0.05, 0) is 31.2 Å². The molecule has 1 aromatic heterocycles. The van der Waals surface area contributed by atoms with Crippen molar-refractivity contribution in [2.75, 3.05) is 0 Å². The molecule has 0 spiro atoms. The van der Waals surface area contributed by atoms with E-state index >= 15 is 0 Å². The predicted molar refractivity (Wildman–Crippen MR) is 96.0 cm³/mol. The highest BCUT2D eigenvalue weighted by atomic mass is 16.5. The van der Waals surface area contributed by atoms with Gasteiger partial charge >= 0.3 is 0 Å². The van der Waals surface area contributed by atoms with Crippen LogP contribution in [-0.2, 0) is 5.41 Å². The molecule has 1 atom stereocenters. The van der Waals surface area contributed by atoms with Crippen LogP contribution in [0.15, 0.2) is 39.5 Å². The molecule has 26 heavy (non-hydrogen) atoms. The quantitative estimate of drug-likeness (QED) is 0.617. The van der Waals surface area contributed by atoms with Crippen molar-refractivity contribution in [1.29, 1.82) is 0 Å². The highest BCUT2D eigenvalue weighted by molar-refractivity contribution is 5.92. The van der Waals surface area contributed by atoms with E-state index in [0.29, 0.717) is 16.9 Å². The molecule has 6 nitrogen and oxygen atoms in total. The van der Waals surface area contributed by atoms with Gasteiger partial charge in [-0.3, -0.25) is 4.79 Å². The van der Waals surface area contributed by atoms with Crippen LogP contribution < -0.4 is 10.2 Å². The van der Waals surface area contributed by atoms with Crippen molar-refractivity contribution in [2.24, 2.45) is 0 Å². The number of rotatable bonds is 1. The van der Waals surface area contributed by atoms with Gasteiger partial charge < -0.3 is 24.5 Å². The molecule has 0 amide bonds. The average Bonchev–Trinajstić information content (AvgIpc) is 2.80. The third kappa shape index (κ3) is 2.08. The van der Waals surface area contributed by atoms with E-state index in [1.807, 2.05) is 20.8 Å². The Morgan fingerprint density at radius 1 is 1.08 bits per heavy atom. The molecule has 0 unspecified atom stereocenters. The molecule has 1 aliphatic rings. The van der Waals surface area contributed by atoms with Crippen LogP contribution in [0.3, 0.4) is 0 Å². The Morgan fingerprint density at radius 2 is 1.73 bits per heavy atom. The lowest BCUT2D eigenvalue weighted by Crippen LogP contribution is -2.29. The van der Waals surface area contributed by atoms with Crippen molar-refractivity contribution in [3.63, 3.8) is 0 Å². The largest absolute Gasteiger partial charge is 0.508 e.